The predicted molar refractivity (Wildman–Crippen MR) is 29.9 cm³/mol. The Labute approximate surface area is 46.7 Å². The summed E-state index contributed by atoms with van der Waals surface area (Å²) in [7, 11) is 0. The van der Waals surface area contributed by atoms with Crippen molar-refractivity contribution in [3.05, 3.63) is 18.0 Å². The first kappa shape index (κ1) is 4.72. The third kappa shape index (κ3) is 0.521. The number of rotatable bonds is 0. The Morgan fingerprint density at radius 2 is 2.50 bits per heavy atom. The summed E-state index contributed by atoms with van der Waals surface area (Å²) in [4.78, 5) is 2.67. The molecule has 0 aliphatic rings. The lowest BCUT2D eigenvalue weighted by Crippen LogP contribution is -1.83. The van der Waals surface area contributed by atoms with Crippen molar-refractivity contribution in [2.45, 2.75) is 0 Å². The first-order valence-electron chi connectivity index (χ1n) is 2.17. The van der Waals surface area contributed by atoms with Gasteiger partial charge in [-0.1, -0.05) is 0 Å². The number of aromatic amines is 1. The molecular weight excluding hydrogens is 102 g/mol. The number of hydrogen-bond acceptors (Lipinski definition) is 2. The molecule has 0 amide bonds. The molecule has 0 saturated carbocycles. The number of aromatic nitrogens is 1. The number of nitriles is 1. The maximum atomic E-state index is 8.25. The highest BCUT2D eigenvalue weighted by atomic mass is 14.7. The number of hydrogen-bond donors (Lipinski definition) is 2. The summed E-state index contributed by atoms with van der Waals surface area (Å²) in [6, 6.07) is 3.55. The second kappa shape index (κ2) is 1.58. The summed E-state index contributed by atoms with van der Waals surface area (Å²) in [6.07, 6.45) is 1.63. The third-order valence-electron chi connectivity index (χ3n) is 0.891. The van der Waals surface area contributed by atoms with Crippen molar-refractivity contribution < 1.29 is 0 Å². The summed E-state index contributed by atoms with van der Waals surface area (Å²) < 4.78 is 0. The normalized spacial score (nSPS) is 8.38. The van der Waals surface area contributed by atoms with Gasteiger partial charge in [-0.05, 0) is 6.07 Å². The van der Waals surface area contributed by atoms with Crippen molar-refractivity contribution in [1.82, 2.24) is 4.98 Å². The van der Waals surface area contributed by atoms with Gasteiger partial charge in [0.25, 0.3) is 0 Å². The second-order valence-corrected chi connectivity index (χ2v) is 1.42. The fourth-order valence-electron chi connectivity index (χ4n) is 0.478. The zero-order valence-corrected chi connectivity index (χ0v) is 4.18. The first-order valence-corrected chi connectivity index (χ1v) is 2.17. The molecule has 3 nitrogen and oxygen atoms in total. The lowest BCUT2D eigenvalue weighted by atomic mass is 10.4. The maximum Gasteiger partial charge on any atom is 0.140 e. The van der Waals surface area contributed by atoms with Crippen molar-refractivity contribution in [3.63, 3.8) is 0 Å². The Morgan fingerprint density at radius 3 is 2.75 bits per heavy atom. The maximum absolute atomic E-state index is 8.25. The molecule has 1 heterocycles. The van der Waals surface area contributed by atoms with E-state index in [9.17, 15) is 0 Å². The monoisotopic (exact) mass is 107 g/mol. The average molecular weight is 107 g/mol. The van der Waals surface area contributed by atoms with Gasteiger partial charge in [0.15, 0.2) is 0 Å². The Bertz CT molecular complexity index is 218. The molecule has 0 radical (unpaired) electrons. The molecule has 3 heteroatoms. The first-order chi connectivity index (χ1) is 3.84. The highest BCUT2D eigenvalue weighted by molar-refractivity contribution is 5.49. The predicted octanol–water partition coefficient (Wildman–Crippen LogP) is 0.469. The van der Waals surface area contributed by atoms with Gasteiger partial charge in [0.2, 0.25) is 0 Å². The van der Waals surface area contributed by atoms with Crippen LogP contribution in [0.5, 0.6) is 0 Å². The number of nitrogen functional groups attached to an aromatic ring is 1. The molecule has 3 N–H and O–H groups in total. The van der Waals surface area contributed by atoms with E-state index >= 15 is 0 Å². The number of H-pyrrole nitrogens is 1. The molecule has 0 fully saturated rings. The fraction of sp³-hybridized carbons (Fsp3) is 0. The van der Waals surface area contributed by atoms with Crippen molar-refractivity contribution >= 4 is 5.69 Å². The second-order valence-electron chi connectivity index (χ2n) is 1.42. The van der Waals surface area contributed by atoms with Gasteiger partial charge < -0.3 is 10.7 Å². The standard InChI is InChI=1S/C5H5N3/c6-3-5-4(7)1-2-8-5/h1-2,8H,7H2. The number of nitrogens with one attached hydrogen (secondary N) is 1. The number of anilines is 1. The minimum absolute atomic E-state index is 0.435. The Balaban J connectivity index is 3.15. The van der Waals surface area contributed by atoms with Gasteiger partial charge in [-0.15, -0.1) is 0 Å². The summed E-state index contributed by atoms with van der Waals surface area (Å²) in [5.41, 5.74) is 6.24. The van der Waals surface area contributed by atoms with E-state index in [0.29, 0.717) is 11.4 Å². The SMILES string of the molecule is N#Cc1[nH]ccc1N. The minimum atomic E-state index is 0.435. The van der Waals surface area contributed by atoms with E-state index in [4.69, 9.17) is 11.0 Å². The van der Waals surface area contributed by atoms with Gasteiger partial charge in [0.05, 0.1) is 5.69 Å². The van der Waals surface area contributed by atoms with Gasteiger partial charge in [-0.25, -0.2) is 0 Å². The zero-order valence-electron chi connectivity index (χ0n) is 4.18. The van der Waals surface area contributed by atoms with E-state index in [0.717, 1.165) is 0 Å². The molecule has 1 rings (SSSR count). The number of nitrogens with zero attached hydrogens (tertiary/aromatic N) is 1. The van der Waals surface area contributed by atoms with E-state index in [1.165, 1.54) is 0 Å². The van der Waals surface area contributed by atoms with Gasteiger partial charge in [0, 0.05) is 6.20 Å². The highest BCUT2D eigenvalue weighted by Gasteiger charge is 1.92. The molecule has 0 aliphatic carbocycles. The fourth-order valence-corrected chi connectivity index (χ4v) is 0.478. The molecule has 0 spiro atoms. The third-order valence-corrected chi connectivity index (χ3v) is 0.891. The van der Waals surface area contributed by atoms with E-state index in [1.807, 2.05) is 6.07 Å². The van der Waals surface area contributed by atoms with Crippen LogP contribution in [-0.4, -0.2) is 4.98 Å². The molecule has 1 aromatic rings. The summed E-state index contributed by atoms with van der Waals surface area (Å²) in [6.45, 7) is 0. The molecule has 0 aromatic carbocycles. The van der Waals surface area contributed by atoms with E-state index in [1.54, 1.807) is 12.3 Å². The Kier molecular flexibility index (Phi) is 0.935. The Hall–Kier alpha value is -1.43. The largest absolute Gasteiger partial charge is 0.396 e. The summed E-state index contributed by atoms with van der Waals surface area (Å²) >= 11 is 0. The van der Waals surface area contributed by atoms with Crippen LogP contribution >= 0.6 is 0 Å². The molecule has 1 aromatic heterocycles. The molecule has 0 saturated heterocycles. The lowest BCUT2D eigenvalue weighted by molar-refractivity contribution is 1.33. The average Bonchev–Trinajstić information content (AvgIpc) is 2.14. The van der Waals surface area contributed by atoms with Gasteiger partial charge >= 0.3 is 0 Å². The van der Waals surface area contributed by atoms with Crippen LogP contribution in [0.4, 0.5) is 5.69 Å². The smallest absolute Gasteiger partial charge is 0.140 e. The summed E-state index contributed by atoms with van der Waals surface area (Å²) in [5.74, 6) is 0. The van der Waals surface area contributed by atoms with E-state index in [2.05, 4.69) is 4.98 Å². The van der Waals surface area contributed by atoms with E-state index in [-0.39, 0.29) is 0 Å². The number of nitrogens with two attached hydrogens (primary N) is 1. The quantitative estimate of drug-likeness (QED) is 0.506. The molecule has 0 aliphatic heterocycles. The van der Waals surface area contributed by atoms with Crippen molar-refractivity contribution in [2.24, 2.45) is 0 Å². The lowest BCUT2D eigenvalue weighted by Gasteiger charge is -1.79. The molecular formula is C5H5N3. The van der Waals surface area contributed by atoms with Crippen LogP contribution in [0.3, 0.4) is 0 Å². The van der Waals surface area contributed by atoms with Gasteiger partial charge in [0.1, 0.15) is 11.8 Å². The van der Waals surface area contributed by atoms with Crippen LogP contribution in [0, 0.1) is 11.3 Å². The molecule has 0 atom stereocenters. The van der Waals surface area contributed by atoms with Crippen molar-refractivity contribution in [1.29, 1.82) is 5.26 Å². The Morgan fingerprint density at radius 1 is 1.75 bits per heavy atom. The molecule has 0 unspecified atom stereocenters. The van der Waals surface area contributed by atoms with Gasteiger partial charge in [-0.2, -0.15) is 5.26 Å². The van der Waals surface area contributed by atoms with Crippen LogP contribution in [0.15, 0.2) is 12.3 Å². The molecule has 40 valence electrons. The highest BCUT2D eigenvalue weighted by Crippen LogP contribution is 2.04. The van der Waals surface area contributed by atoms with Gasteiger partial charge in [-0.3, -0.25) is 0 Å². The van der Waals surface area contributed by atoms with Crippen LogP contribution in [-0.2, 0) is 0 Å². The zero-order chi connectivity index (χ0) is 5.98. The van der Waals surface area contributed by atoms with Crippen LogP contribution in [0.25, 0.3) is 0 Å². The molecule has 0 bridgehead atoms. The topological polar surface area (TPSA) is 65.6 Å². The van der Waals surface area contributed by atoms with Crippen LogP contribution in [0.2, 0.25) is 0 Å². The van der Waals surface area contributed by atoms with E-state index < -0.39 is 0 Å². The molecule has 8 heavy (non-hydrogen) atoms. The van der Waals surface area contributed by atoms with Crippen molar-refractivity contribution in [2.75, 3.05) is 5.73 Å². The van der Waals surface area contributed by atoms with Crippen LogP contribution in [0.1, 0.15) is 5.69 Å². The minimum Gasteiger partial charge on any atom is -0.396 e. The summed E-state index contributed by atoms with van der Waals surface area (Å²) in [5, 5.41) is 8.25. The van der Waals surface area contributed by atoms with Crippen molar-refractivity contribution in [3.8, 4) is 6.07 Å². The van der Waals surface area contributed by atoms with Crippen LogP contribution < -0.4 is 5.73 Å².